The zero-order valence-corrected chi connectivity index (χ0v) is 23.3. The van der Waals surface area contributed by atoms with Gasteiger partial charge in [-0.1, -0.05) is 60.7 Å². The summed E-state index contributed by atoms with van der Waals surface area (Å²) in [4.78, 5) is 31.3. The molecule has 206 valence electrons. The minimum absolute atomic E-state index is 0.000736. The second kappa shape index (κ2) is 11.3. The third-order valence-electron chi connectivity index (χ3n) is 7.70. The highest BCUT2D eigenvalue weighted by Crippen LogP contribution is 2.35. The number of ether oxygens (including phenoxy) is 1. The average Bonchev–Trinajstić information content (AvgIpc) is 3.48. The Kier molecular flexibility index (Phi) is 7.30. The maximum atomic E-state index is 14.0. The van der Waals surface area contributed by atoms with Gasteiger partial charge in [-0.2, -0.15) is 0 Å². The summed E-state index contributed by atoms with van der Waals surface area (Å²) in [5, 5.41) is 2.08. The Hall–Kier alpha value is -4.84. The molecule has 0 fully saturated rings. The summed E-state index contributed by atoms with van der Waals surface area (Å²) in [5.74, 6) is 1.23. The SMILES string of the molecule is CC(C)N(CC(=O)N1CCn2cccc2[C@@H]1c1cccc(Oc2ccccc2)c1)C(=O)c1ccc2ccccc2c1. The first-order valence-electron chi connectivity index (χ1n) is 14.0. The molecule has 6 nitrogen and oxygen atoms in total. The molecule has 1 atom stereocenters. The highest BCUT2D eigenvalue weighted by molar-refractivity contribution is 6.00. The number of hydrogen-bond acceptors (Lipinski definition) is 3. The molecule has 0 bridgehead atoms. The summed E-state index contributed by atoms with van der Waals surface area (Å²) in [7, 11) is 0. The predicted octanol–water partition coefficient (Wildman–Crippen LogP) is 6.92. The van der Waals surface area contributed by atoms with E-state index in [1.165, 1.54) is 0 Å². The van der Waals surface area contributed by atoms with E-state index in [2.05, 4.69) is 16.8 Å². The summed E-state index contributed by atoms with van der Waals surface area (Å²) >= 11 is 0. The largest absolute Gasteiger partial charge is 0.457 e. The highest BCUT2D eigenvalue weighted by atomic mass is 16.5. The number of nitrogens with zero attached hydrogens (tertiary/aromatic N) is 3. The third-order valence-corrected chi connectivity index (χ3v) is 7.70. The number of para-hydroxylation sites is 1. The Balaban J connectivity index is 1.28. The summed E-state index contributed by atoms with van der Waals surface area (Å²) in [6.45, 7) is 5.15. The summed E-state index contributed by atoms with van der Waals surface area (Å²) in [6.07, 6.45) is 2.05. The van der Waals surface area contributed by atoms with Gasteiger partial charge in [0.15, 0.2) is 0 Å². The first kappa shape index (κ1) is 26.4. The monoisotopic (exact) mass is 543 g/mol. The molecule has 2 heterocycles. The molecule has 0 spiro atoms. The van der Waals surface area contributed by atoms with Gasteiger partial charge in [-0.05, 0) is 78.7 Å². The quantitative estimate of drug-likeness (QED) is 0.224. The third kappa shape index (κ3) is 5.46. The molecule has 2 amide bonds. The van der Waals surface area contributed by atoms with E-state index in [-0.39, 0.29) is 30.4 Å². The van der Waals surface area contributed by atoms with Gasteiger partial charge >= 0.3 is 0 Å². The van der Waals surface area contributed by atoms with Crippen LogP contribution in [-0.2, 0) is 11.3 Å². The molecule has 0 saturated carbocycles. The van der Waals surface area contributed by atoms with Crippen LogP contribution in [0.2, 0.25) is 0 Å². The van der Waals surface area contributed by atoms with Crippen molar-refractivity contribution in [2.75, 3.05) is 13.1 Å². The molecular weight excluding hydrogens is 510 g/mol. The number of aromatic nitrogens is 1. The van der Waals surface area contributed by atoms with E-state index in [0.29, 0.717) is 24.4 Å². The first-order valence-corrected chi connectivity index (χ1v) is 14.0. The lowest BCUT2D eigenvalue weighted by Crippen LogP contribution is -2.49. The van der Waals surface area contributed by atoms with Gasteiger partial charge in [0.05, 0.1) is 6.04 Å². The molecule has 1 aromatic heterocycles. The fourth-order valence-electron chi connectivity index (χ4n) is 5.59. The van der Waals surface area contributed by atoms with E-state index in [1.54, 1.807) is 4.90 Å². The van der Waals surface area contributed by atoms with Crippen LogP contribution in [0.15, 0.2) is 115 Å². The fourth-order valence-corrected chi connectivity index (χ4v) is 5.59. The zero-order valence-electron chi connectivity index (χ0n) is 23.3. The van der Waals surface area contributed by atoms with Gasteiger partial charge in [0.2, 0.25) is 5.91 Å². The lowest BCUT2D eigenvalue weighted by molar-refractivity contribution is -0.135. The van der Waals surface area contributed by atoms with E-state index < -0.39 is 0 Å². The second-order valence-corrected chi connectivity index (χ2v) is 10.7. The van der Waals surface area contributed by atoms with Crippen molar-refractivity contribution in [1.29, 1.82) is 0 Å². The molecule has 0 saturated heterocycles. The van der Waals surface area contributed by atoms with E-state index in [0.717, 1.165) is 27.8 Å². The van der Waals surface area contributed by atoms with Gasteiger partial charge in [0.1, 0.15) is 18.0 Å². The smallest absolute Gasteiger partial charge is 0.254 e. The Labute approximate surface area is 240 Å². The molecule has 1 aliphatic rings. The first-order chi connectivity index (χ1) is 20.0. The molecular formula is C35H33N3O3. The molecule has 6 heteroatoms. The van der Waals surface area contributed by atoms with Crippen LogP contribution < -0.4 is 4.74 Å². The van der Waals surface area contributed by atoms with E-state index >= 15 is 0 Å². The normalized spacial score (nSPS) is 14.6. The molecule has 1 aliphatic heterocycles. The highest BCUT2D eigenvalue weighted by Gasteiger charge is 2.34. The molecule has 0 unspecified atom stereocenters. The average molecular weight is 544 g/mol. The van der Waals surface area contributed by atoms with Gasteiger partial charge < -0.3 is 19.1 Å². The number of carbonyl (C=O) groups is 2. The van der Waals surface area contributed by atoms with Crippen molar-refractivity contribution in [3.8, 4) is 11.5 Å². The van der Waals surface area contributed by atoms with Crippen LogP contribution in [0.4, 0.5) is 0 Å². The number of hydrogen-bond donors (Lipinski definition) is 0. The van der Waals surface area contributed by atoms with Crippen LogP contribution in [0.3, 0.4) is 0 Å². The van der Waals surface area contributed by atoms with Gasteiger partial charge in [0.25, 0.3) is 5.91 Å². The van der Waals surface area contributed by atoms with Crippen LogP contribution in [-0.4, -0.2) is 45.3 Å². The molecule has 5 aromatic rings. The van der Waals surface area contributed by atoms with Crippen LogP contribution in [0.1, 0.15) is 41.5 Å². The van der Waals surface area contributed by atoms with Gasteiger partial charge in [-0.25, -0.2) is 0 Å². The van der Waals surface area contributed by atoms with Gasteiger partial charge in [-0.3, -0.25) is 9.59 Å². The maximum absolute atomic E-state index is 14.0. The number of fused-ring (bicyclic) bond motifs is 2. The van der Waals surface area contributed by atoms with Crippen LogP contribution in [0, 0.1) is 0 Å². The summed E-state index contributed by atoms with van der Waals surface area (Å²) in [6, 6.07) is 34.9. The molecule has 0 N–H and O–H groups in total. The zero-order chi connectivity index (χ0) is 28.3. The fraction of sp³-hybridized carbons (Fsp3) is 0.200. The standard InChI is InChI=1S/C35H33N3O3/c1-25(2)38(35(40)29-18-17-26-10-6-7-11-27(26)22-29)24-33(39)37-21-20-36-19-9-16-32(36)34(37)28-12-8-15-31(23-28)41-30-13-4-3-5-14-30/h3-19,22-23,25,34H,20-21,24H2,1-2H3/t34-/m0/s1. The van der Waals surface area contributed by atoms with Crippen molar-refractivity contribution in [3.05, 3.63) is 132 Å². The maximum Gasteiger partial charge on any atom is 0.254 e. The molecule has 6 rings (SSSR count). The minimum Gasteiger partial charge on any atom is -0.457 e. The Morgan fingerprint density at radius 3 is 2.37 bits per heavy atom. The van der Waals surface area contributed by atoms with E-state index in [4.69, 9.17) is 4.74 Å². The van der Waals surface area contributed by atoms with Crippen molar-refractivity contribution < 1.29 is 14.3 Å². The van der Waals surface area contributed by atoms with E-state index in [1.807, 2.05) is 122 Å². The topological polar surface area (TPSA) is 54.8 Å². The van der Waals surface area contributed by atoms with Crippen LogP contribution in [0.25, 0.3) is 10.8 Å². The lowest BCUT2D eigenvalue weighted by atomic mass is 9.99. The van der Waals surface area contributed by atoms with Gasteiger partial charge in [-0.15, -0.1) is 0 Å². The second-order valence-electron chi connectivity index (χ2n) is 10.7. The van der Waals surface area contributed by atoms with Crippen molar-refractivity contribution in [1.82, 2.24) is 14.4 Å². The van der Waals surface area contributed by atoms with Crippen LogP contribution in [0.5, 0.6) is 11.5 Å². The Bertz CT molecular complexity index is 1690. The Morgan fingerprint density at radius 2 is 1.56 bits per heavy atom. The summed E-state index contributed by atoms with van der Waals surface area (Å²) in [5.41, 5.74) is 2.59. The number of amides is 2. The molecule has 4 aromatic carbocycles. The predicted molar refractivity (Wildman–Crippen MR) is 161 cm³/mol. The van der Waals surface area contributed by atoms with Gasteiger partial charge in [0, 0.05) is 36.6 Å². The van der Waals surface area contributed by atoms with Crippen molar-refractivity contribution in [2.24, 2.45) is 0 Å². The number of benzene rings is 4. The molecule has 0 aliphatic carbocycles. The summed E-state index contributed by atoms with van der Waals surface area (Å²) < 4.78 is 8.31. The number of rotatable bonds is 7. The Morgan fingerprint density at radius 1 is 0.805 bits per heavy atom. The van der Waals surface area contributed by atoms with Crippen molar-refractivity contribution in [3.63, 3.8) is 0 Å². The lowest BCUT2D eigenvalue weighted by Gasteiger charge is -2.39. The number of carbonyl (C=O) groups excluding carboxylic acids is 2. The van der Waals surface area contributed by atoms with E-state index in [9.17, 15) is 9.59 Å². The molecule has 41 heavy (non-hydrogen) atoms. The van der Waals surface area contributed by atoms with Crippen LogP contribution >= 0.6 is 0 Å². The molecule has 0 radical (unpaired) electrons. The van der Waals surface area contributed by atoms with Crippen molar-refractivity contribution in [2.45, 2.75) is 32.5 Å². The minimum atomic E-state index is -0.296. The van der Waals surface area contributed by atoms with Crippen molar-refractivity contribution >= 4 is 22.6 Å².